The highest BCUT2D eigenvalue weighted by Gasteiger charge is 2.37. The first-order chi connectivity index (χ1) is 12.2. The van der Waals surface area contributed by atoms with E-state index >= 15 is 0 Å². The summed E-state index contributed by atoms with van der Waals surface area (Å²) >= 11 is 0. The quantitative estimate of drug-likeness (QED) is 0.410. The number of nitrogens with zero attached hydrogens (tertiary/aromatic N) is 3. The fraction of sp³-hybridized carbons (Fsp3) is 0.450. The predicted molar refractivity (Wildman–Crippen MR) is 106 cm³/mol. The van der Waals surface area contributed by atoms with E-state index in [-0.39, 0.29) is 5.04 Å². The number of rotatable bonds is 7. The molecule has 2 aromatic rings. The molecule has 5 nitrogen and oxygen atoms in total. The van der Waals surface area contributed by atoms with Gasteiger partial charge in [-0.15, -0.1) is 12.3 Å². The lowest BCUT2D eigenvalue weighted by Crippen LogP contribution is -2.40. The van der Waals surface area contributed by atoms with Crippen molar-refractivity contribution in [2.24, 2.45) is 0 Å². The second-order valence-corrected chi connectivity index (χ2v) is 12.4. The van der Waals surface area contributed by atoms with Gasteiger partial charge in [-0.1, -0.05) is 26.8 Å². The molecule has 138 valence electrons. The van der Waals surface area contributed by atoms with E-state index < -0.39 is 8.32 Å². The van der Waals surface area contributed by atoms with Crippen molar-refractivity contribution in [1.29, 1.82) is 0 Å². The highest BCUT2D eigenvalue weighted by molar-refractivity contribution is 6.74. The average Bonchev–Trinajstić information content (AvgIpc) is 2.60. The minimum atomic E-state index is -1.80. The van der Waals surface area contributed by atoms with Crippen LogP contribution in [0.3, 0.4) is 0 Å². The van der Waals surface area contributed by atoms with Crippen LogP contribution < -0.4 is 4.74 Å². The van der Waals surface area contributed by atoms with Gasteiger partial charge in [-0.05, 0) is 30.3 Å². The Morgan fingerprint density at radius 1 is 1.15 bits per heavy atom. The lowest BCUT2D eigenvalue weighted by molar-refractivity contribution is 0.272. The summed E-state index contributed by atoms with van der Waals surface area (Å²) in [6, 6.07) is 6.22. The second-order valence-electron chi connectivity index (χ2n) is 7.62. The van der Waals surface area contributed by atoms with Crippen LogP contribution in [-0.2, 0) is 11.0 Å². The van der Waals surface area contributed by atoms with Crippen LogP contribution in [0.1, 0.15) is 32.9 Å². The van der Waals surface area contributed by atoms with Gasteiger partial charge in [-0.25, -0.2) is 9.97 Å². The summed E-state index contributed by atoms with van der Waals surface area (Å²) in [5.41, 5.74) is 2.56. The van der Waals surface area contributed by atoms with Crippen LogP contribution in [0.5, 0.6) is 6.01 Å². The maximum absolute atomic E-state index is 6.25. The molecule has 0 amide bonds. The maximum Gasteiger partial charge on any atom is 0.316 e. The number of ether oxygens (including phenoxy) is 1. The van der Waals surface area contributed by atoms with Crippen molar-refractivity contribution in [2.75, 3.05) is 6.61 Å². The van der Waals surface area contributed by atoms with E-state index in [9.17, 15) is 0 Å². The molecule has 0 atom stereocenters. The van der Waals surface area contributed by atoms with Crippen LogP contribution in [0.15, 0.2) is 30.6 Å². The molecule has 0 aliphatic heterocycles. The summed E-state index contributed by atoms with van der Waals surface area (Å²) in [5.74, 6) is 2.51. The third-order valence-electron chi connectivity index (χ3n) is 4.60. The summed E-state index contributed by atoms with van der Waals surface area (Å²) < 4.78 is 11.6. The Morgan fingerprint density at radius 3 is 2.46 bits per heavy atom. The zero-order chi connectivity index (χ0) is 19.2. The van der Waals surface area contributed by atoms with Crippen molar-refractivity contribution in [1.82, 2.24) is 15.0 Å². The van der Waals surface area contributed by atoms with E-state index in [0.29, 0.717) is 25.6 Å². The fourth-order valence-corrected chi connectivity index (χ4v) is 2.86. The van der Waals surface area contributed by atoms with Gasteiger partial charge in [0, 0.05) is 24.4 Å². The van der Waals surface area contributed by atoms with Crippen molar-refractivity contribution in [3.8, 4) is 29.6 Å². The molecule has 0 aliphatic rings. The molecule has 0 aromatic carbocycles. The van der Waals surface area contributed by atoms with Crippen LogP contribution in [0.4, 0.5) is 0 Å². The summed E-state index contributed by atoms with van der Waals surface area (Å²) in [6.07, 6.45) is 9.14. The Kier molecular flexibility index (Phi) is 6.51. The van der Waals surface area contributed by atoms with Crippen LogP contribution in [0.25, 0.3) is 11.3 Å². The van der Waals surface area contributed by atoms with Gasteiger partial charge in [0.2, 0.25) is 0 Å². The zero-order valence-electron chi connectivity index (χ0n) is 16.2. The topological polar surface area (TPSA) is 57.1 Å². The Bertz CT molecular complexity index is 762. The maximum atomic E-state index is 6.25. The van der Waals surface area contributed by atoms with Crippen molar-refractivity contribution < 1.29 is 9.16 Å². The molecule has 0 N–H and O–H groups in total. The SMILES string of the molecule is C#CCCOc1ncc(-c2cccc(CO[Si](C)(C)C(C)(C)C)n2)cn1. The number of hydrogen-bond donors (Lipinski definition) is 0. The first-order valence-corrected chi connectivity index (χ1v) is 11.6. The molecule has 26 heavy (non-hydrogen) atoms. The molecule has 0 unspecified atom stereocenters. The first kappa shape index (κ1) is 20.1. The van der Waals surface area contributed by atoms with Gasteiger partial charge in [0.25, 0.3) is 0 Å². The summed E-state index contributed by atoms with van der Waals surface area (Å²) in [6.45, 7) is 12.1. The molecular weight excluding hydrogens is 342 g/mol. The minimum Gasteiger partial charge on any atom is -0.462 e. The van der Waals surface area contributed by atoms with E-state index in [4.69, 9.17) is 15.6 Å². The first-order valence-electron chi connectivity index (χ1n) is 8.71. The Labute approximate surface area is 157 Å². The third kappa shape index (κ3) is 5.38. The third-order valence-corrected chi connectivity index (χ3v) is 9.07. The van der Waals surface area contributed by atoms with Gasteiger partial charge in [-0.3, -0.25) is 4.98 Å². The molecule has 0 spiro atoms. The highest BCUT2D eigenvalue weighted by Crippen LogP contribution is 2.37. The van der Waals surface area contributed by atoms with Gasteiger partial charge < -0.3 is 9.16 Å². The van der Waals surface area contributed by atoms with E-state index in [2.05, 4.69) is 54.7 Å². The van der Waals surface area contributed by atoms with Crippen molar-refractivity contribution in [3.05, 3.63) is 36.3 Å². The lowest BCUT2D eigenvalue weighted by Gasteiger charge is -2.36. The van der Waals surface area contributed by atoms with Crippen molar-refractivity contribution in [2.45, 2.75) is 51.9 Å². The average molecular weight is 370 g/mol. The number of hydrogen-bond acceptors (Lipinski definition) is 5. The number of pyridine rings is 1. The van der Waals surface area contributed by atoms with Crippen molar-refractivity contribution >= 4 is 8.32 Å². The van der Waals surface area contributed by atoms with E-state index in [1.165, 1.54) is 0 Å². The summed E-state index contributed by atoms with van der Waals surface area (Å²) in [5, 5.41) is 0.174. The standard InChI is InChI=1S/C20H27N3O2Si/c1-7-8-12-24-19-21-13-16(14-22-19)18-11-9-10-17(23-18)15-25-26(5,6)20(2,3)4/h1,9-11,13-14H,8,12,15H2,2-6H3. The molecule has 2 heterocycles. The molecule has 0 fully saturated rings. The largest absolute Gasteiger partial charge is 0.462 e. The van der Waals surface area contributed by atoms with E-state index in [1.54, 1.807) is 12.4 Å². The fourth-order valence-electron chi connectivity index (χ4n) is 1.92. The minimum absolute atomic E-state index is 0.174. The molecule has 0 saturated carbocycles. The molecule has 0 aliphatic carbocycles. The van der Waals surface area contributed by atoms with Gasteiger partial charge in [0.05, 0.1) is 18.0 Å². The van der Waals surface area contributed by atoms with Crippen LogP contribution in [-0.4, -0.2) is 29.9 Å². The molecule has 0 bridgehead atoms. The summed E-state index contributed by atoms with van der Waals surface area (Å²) in [7, 11) is -1.80. The van der Waals surface area contributed by atoms with Gasteiger partial charge in [0.15, 0.2) is 8.32 Å². The molecule has 2 rings (SSSR count). The predicted octanol–water partition coefficient (Wildman–Crippen LogP) is 4.46. The smallest absolute Gasteiger partial charge is 0.316 e. The monoisotopic (exact) mass is 369 g/mol. The molecule has 0 radical (unpaired) electrons. The zero-order valence-corrected chi connectivity index (χ0v) is 17.2. The highest BCUT2D eigenvalue weighted by atomic mass is 28.4. The molecule has 2 aromatic heterocycles. The number of aromatic nitrogens is 3. The van der Waals surface area contributed by atoms with Crippen molar-refractivity contribution in [3.63, 3.8) is 0 Å². The summed E-state index contributed by atoms with van der Waals surface area (Å²) in [4.78, 5) is 13.1. The number of terminal acetylenes is 1. The Balaban J connectivity index is 2.06. The van der Waals surface area contributed by atoms with E-state index in [1.807, 2.05) is 18.2 Å². The molecule has 0 saturated heterocycles. The Hall–Kier alpha value is -2.23. The van der Waals surface area contributed by atoms with Crippen LogP contribution in [0, 0.1) is 12.3 Å². The Morgan fingerprint density at radius 2 is 1.85 bits per heavy atom. The van der Waals surface area contributed by atoms with Gasteiger partial charge in [0.1, 0.15) is 6.61 Å². The van der Waals surface area contributed by atoms with Gasteiger partial charge in [-0.2, -0.15) is 0 Å². The van der Waals surface area contributed by atoms with Crippen LogP contribution >= 0.6 is 0 Å². The van der Waals surface area contributed by atoms with Crippen LogP contribution in [0.2, 0.25) is 18.1 Å². The van der Waals surface area contributed by atoms with Gasteiger partial charge >= 0.3 is 6.01 Å². The molecule has 6 heteroatoms. The normalized spacial score (nSPS) is 11.8. The van der Waals surface area contributed by atoms with E-state index in [0.717, 1.165) is 17.0 Å². The lowest BCUT2D eigenvalue weighted by atomic mass is 10.2. The second kappa shape index (κ2) is 8.43. The molecular formula is C20H27N3O2Si.